The molecule has 2 heterocycles. The van der Waals surface area contributed by atoms with Crippen molar-refractivity contribution < 1.29 is 0 Å². The lowest BCUT2D eigenvalue weighted by atomic mass is 9.96. The molecule has 0 bridgehead atoms. The molecule has 4 heteroatoms. The lowest BCUT2D eigenvalue weighted by Gasteiger charge is -2.31. The van der Waals surface area contributed by atoms with Crippen LogP contribution in [0.3, 0.4) is 0 Å². The molecule has 0 saturated heterocycles. The molecule has 290 valence electrons. The fourth-order valence-corrected chi connectivity index (χ4v) is 8.62. The highest BCUT2D eigenvalue weighted by molar-refractivity contribution is 6.08. The number of nitrogens with one attached hydrogen (secondary N) is 1. The monoisotopic (exact) mass is 774 g/mol. The number of anilines is 7. The standard InChI is InChI=1S/C56H46N4/c1-41-16-6-5-15-37-58(40-42-17-7-2-8-18-42)56-39-50(33-35-51(41)56)60(46-21-11-4-12-22-46)48-31-27-44(28-32-48)43-25-29-47(30-26-43)59(45-19-9-3-10-20-45)49-34-36-53-52-23-13-14-24-54(52)57-55(53)38-49/h2-36,38-39,41,57H,37,40H2,1H3/b15-5-,16-6-. The summed E-state index contributed by atoms with van der Waals surface area (Å²) in [4.78, 5) is 10.8. The second-order valence-corrected chi connectivity index (χ2v) is 15.5. The molecule has 1 unspecified atom stereocenters. The van der Waals surface area contributed by atoms with Crippen LogP contribution in [0, 0.1) is 0 Å². The Balaban J connectivity index is 0.983. The molecule has 9 aromatic rings. The number of aromatic nitrogens is 1. The summed E-state index contributed by atoms with van der Waals surface area (Å²) in [6.45, 7) is 3.94. The van der Waals surface area contributed by atoms with Crippen LogP contribution in [-0.2, 0) is 6.54 Å². The van der Waals surface area contributed by atoms with Gasteiger partial charge in [-0.25, -0.2) is 0 Å². The van der Waals surface area contributed by atoms with Gasteiger partial charge in [0.15, 0.2) is 0 Å². The van der Waals surface area contributed by atoms with E-state index in [1.165, 1.54) is 38.7 Å². The molecule has 1 aliphatic heterocycles. The average molecular weight is 775 g/mol. The number of fused-ring (bicyclic) bond motifs is 4. The van der Waals surface area contributed by atoms with Crippen molar-refractivity contribution in [2.45, 2.75) is 19.4 Å². The summed E-state index contributed by atoms with van der Waals surface area (Å²) in [5.41, 5.74) is 15.1. The molecule has 4 nitrogen and oxygen atoms in total. The molecule has 0 aliphatic carbocycles. The maximum atomic E-state index is 3.64. The van der Waals surface area contributed by atoms with E-state index in [2.05, 4.69) is 251 Å². The topological polar surface area (TPSA) is 25.5 Å². The summed E-state index contributed by atoms with van der Waals surface area (Å²) in [5, 5.41) is 2.47. The van der Waals surface area contributed by atoms with Gasteiger partial charge in [0.05, 0.1) is 0 Å². The lowest BCUT2D eigenvalue weighted by Crippen LogP contribution is -2.24. The third-order valence-electron chi connectivity index (χ3n) is 11.7. The van der Waals surface area contributed by atoms with E-state index in [9.17, 15) is 0 Å². The summed E-state index contributed by atoms with van der Waals surface area (Å²) >= 11 is 0. The smallest absolute Gasteiger partial charge is 0.0485 e. The van der Waals surface area contributed by atoms with Gasteiger partial charge in [-0.2, -0.15) is 0 Å². The molecular formula is C56H46N4. The molecule has 10 rings (SSSR count). The maximum absolute atomic E-state index is 3.64. The maximum Gasteiger partial charge on any atom is 0.0485 e. The molecule has 0 saturated carbocycles. The van der Waals surface area contributed by atoms with Gasteiger partial charge in [0, 0.05) is 80.6 Å². The Hall–Kier alpha value is -7.56. The van der Waals surface area contributed by atoms with Crippen LogP contribution in [0.1, 0.15) is 24.0 Å². The second-order valence-electron chi connectivity index (χ2n) is 15.5. The minimum absolute atomic E-state index is 0.272. The van der Waals surface area contributed by atoms with E-state index in [0.29, 0.717) is 0 Å². The molecule has 1 N–H and O–H groups in total. The first kappa shape index (κ1) is 36.8. The predicted molar refractivity (Wildman–Crippen MR) is 255 cm³/mol. The highest BCUT2D eigenvalue weighted by Crippen LogP contribution is 2.42. The number of H-pyrrole nitrogens is 1. The van der Waals surface area contributed by atoms with Gasteiger partial charge in [-0.1, -0.05) is 153 Å². The van der Waals surface area contributed by atoms with Gasteiger partial charge in [0.25, 0.3) is 0 Å². The minimum Gasteiger partial charge on any atom is -0.363 e. The molecule has 0 radical (unpaired) electrons. The summed E-state index contributed by atoms with van der Waals surface area (Å²) in [6.07, 6.45) is 8.92. The number of allylic oxidation sites excluding steroid dienone is 3. The van der Waals surface area contributed by atoms with Crippen molar-refractivity contribution in [2.24, 2.45) is 0 Å². The summed E-state index contributed by atoms with van der Waals surface area (Å²) in [7, 11) is 0. The average Bonchev–Trinajstić information content (AvgIpc) is 3.70. The number of para-hydroxylation sites is 3. The fraction of sp³-hybridized carbons (Fsp3) is 0.0714. The zero-order valence-corrected chi connectivity index (χ0v) is 33.7. The quantitative estimate of drug-likeness (QED) is 0.158. The van der Waals surface area contributed by atoms with Gasteiger partial charge >= 0.3 is 0 Å². The number of rotatable bonds is 9. The largest absolute Gasteiger partial charge is 0.363 e. The Morgan fingerprint density at radius 1 is 0.483 bits per heavy atom. The normalized spacial score (nSPS) is 14.8. The Bertz CT molecular complexity index is 2930. The van der Waals surface area contributed by atoms with Gasteiger partial charge in [-0.15, -0.1) is 0 Å². The first-order valence-electron chi connectivity index (χ1n) is 20.8. The third kappa shape index (κ3) is 7.36. The van der Waals surface area contributed by atoms with Gasteiger partial charge in [-0.3, -0.25) is 0 Å². The number of nitrogens with zero attached hydrogens (tertiary/aromatic N) is 3. The molecule has 1 atom stereocenters. The van der Waals surface area contributed by atoms with Gasteiger partial charge in [0.1, 0.15) is 0 Å². The van der Waals surface area contributed by atoms with Crippen molar-refractivity contribution >= 4 is 61.6 Å². The molecule has 0 fully saturated rings. The first-order valence-corrected chi connectivity index (χ1v) is 20.8. The van der Waals surface area contributed by atoms with Crippen LogP contribution in [0.25, 0.3) is 32.9 Å². The third-order valence-corrected chi connectivity index (χ3v) is 11.7. The van der Waals surface area contributed by atoms with Gasteiger partial charge in [-0.05, 0) is 101 Å². The van der Waals surface area contributed by atoms with E-state index >= 15 is 0 Å². The minimum atomic E-state index is 0.272. The van der Waals surface area contributed by atoms with Crippen LogP contribution >= 0.6 is 0 Å². The van der Waals surface area contributed by atoms with Crippen molar-refractivity contribution in [1.82, 2.24) is 4.98 Å². The SMILES string of the molecule is CC1/C=C\C=C/CN(Cc2ccccc2)c2cc(N(c3ccccc3)c3ccc(-c4ccc(N(c5ccccc5)c5ccc6c(c5)[nH]c5ccccc56)cc4)cc3)ccc21. The van der Waals surface area contributed by atoms with E-state index in [1.807, 2.05) is 0 Å². The van der Waals surface area contributed by atoms with Crippen LogP contribution in [0.2, 0.25) is 0 Å². The van der Waals surface area contributed by atoms with E-state index in [0.717, 1.165) is 58.2 Å². The summed E-state index contributed by atoms with van der Waals surface area (Å²) in [6, 6.07) is 72.2. The Kier molecular flexibility index (Phi) is 10.0. The molecule has 0 amide bonds. The Morgan fingerprint density at radius 2 is 1.00 bits per heavy atom. The van der Waals surface area contributed by atoms with Crippen molar-refractivity contribution in [2.75, 3.05) is 21.2 Å². The van der Waals surface area contributed by atoms with E-state index in [-0.39, 0.29) is 5.92 Å². The van der Waals surface area contributed by atoms with Crippen molar-refractivity contribution in [3.05, 3.63) is 236 Å². The fourth-order valence-electron chi connectivity index (χ4n) is 8.62. The zero-order valence-electron chi connectivity index (χ0n) is 33.7. The number of aromatic amines is 1. The van der Waals surface area contributed by atoms with E-state index < -0.39 is 0 Å². The zero-order chi connectivity index (χ0) is 40.3. The summed E-state index contributed by atoms with van der Waals surface area (Å²) < 4.78 is 0. The first-order chi connectivity index (χ1) is 29.7. The number of hydrogen-bond acceptors (Lipinski definition) is 3. The number of hydrogen-bond donors (Lipinski definition) is 1. The van der Waals surface area contributed by atoms with Crippen molar-refractivity contribution in [3.8, 4) is 11.1 Å². The molecule has 60 heavy (non-hydrogen) atoms. The van der Waals surface area contributed by atoms with Crippen molar-refractivity contribution in [1.29, 1.82) is 0 Å². The Morgan fingerprint density at radius 3 is 1.65 bits per heavy atom. The predicted octanol–water partition coefficient (Wildman–Crippen LogP) is 15.2. The van der Waals surface area contributed by atoms with Crippen molar-refractivity contribution in [3.63, 3.8) is 0 Å². The van der Waals surface area contributed by atoms with Gasteiger partial charge < -0.3 is 19.7 Å². The molecule has 1 aromatic heterocycles. The van der Waals surface area contributed by atoms with Crippen LogP contribution < -0.4 is 14.7 Å². The highest BCUT2D eigenvalue weighted by atomic mass is 15.2. The molecule has 1 aliphatic rings. The molecular weight excluding hydrogens is 729 g/mol. The molecule has 0 spiro atoms. The van der Waals surface area contributed by atoms with Gasteiger partial charge in [0.2, 0.25) is 0 Å². The number of benzene rings is 8. The van der Waals surface area contributed by atoms with E-state index in [1.54, 1.807) is 0 Å². The van der Waals surface area contributed by atoms with Crippen LogP contribution in [0.4, 0.5) is 39.8 Å². The molecule has 8 aromatic carbocycles. The van der Waals surface area contributed by atoms with Crippen LogP contribution in [0.5, 0.6) is 0 Å². The van der Waals surface area contributed by atoms with Crippen LogP contribution in [0.15, 0.2) is 224 Å². The Labute approximate surface area is 352 Å². The summed E-state index contributed by atoms with van der Waals surface area (Å²) in [5.74, 6) is 0.272. The highest BCUT2D eigenvalue weighted by Gasteiger charge is 2.21. The lowest BCUT2D eigenvalue weighted by molar-refractivity contribution is 0.846. The second kappa shape index (κ2) is 16.4. The van der Waals surface area contributed by atoms with E-state index in [4.69, 9.17) is 0 Å². The van der Waals surface area contributed by atoms with Crippen LogP contribution in [-0.4, -0.2) is 11.5 Å².